The number of allylic oxidation sites excluding steroid dienone is 2. The van der Waals surface area contributed by atoms with Crippen LogP contribution in [0.15, 0.2) is 12.2 Å². The molecule has 0 amide bonds. The van der Waals surface area contributed by atoms with Gasteiger partial charge in [0.15, 0.2) is 0 Å². The standard InChI is InChI=1S/C13H19N/c1-9-7-11-12(13(11,2)3)8-10(9)5-4-6-14/h4-5,9-12H,7-8H2,1-3H3/b5-4+. The summed E-state index contributed by atoms with van der Waals surface area (Å²) in [5.74, 6) is 3.30. The zero-order valence-electron chi connectivity index (χ0n) is 9.33. The fourth-order valence-corrected chi connectivity index (χ4v) is 3.33. The highest BCUT2D eigenvalue weighted by Gasteiger charge is 2.60. The van der Waals surface area contributed by atoms with E-state index in [1.807, 2.05) is 0 Å². The minimum Gasteiger partial charge on any atom is -0.193 e. The summed E-state index contributed by atoms with van der Waals surface area (Å²) < 4.78 is 0. The van der Waals surface area contributed by atoms with Crippen molar-refractivity contribution in [1.82, 2.24) is 0 Å². The van der Waals surface area contributed by atoms with E-state index in [0.717, 1.165) is 17.8 Å². The fourth-order valence-electron chi connectivity index (χ4n) is 3.33. The SMILES string of the molecule is CC1CC2C(CC1/C=C/C#N)C2(C)C. The lowest BCUT2D eigenvalue weighted by molar-refractivity contribution is 0.293. The highest BCUT2D eigenvalue weighted by atomic mass is 14.6. The molecule has 4 atom stereocenters. The molecule has 0 aromatic heterocycles. The first kappa shape index (κ1) is 9.77. The second-order valence-electron chi connectivity index (χ2n) is 5.64. The van der Waals surface area contributed by atoms with Gasteiger partial charge in [0.25, 0.3) is 0 Å². The smallest absolute Gasteiger partial charge is 0.0908 e. The van der Waals surface area contributed by atoms with E-state index in [2.05, 4.69) is 32.9 Å². The summed E-state index contributed by atoms with van der Waals surface area (Å²) in [6, 6.07) is 2.10. The zero-order chi connectivity index (χ0) is 10.3. The van der Waals surface area contributed by atoms with Gasteiger partial charge in [-0.25, -0.2) is 0 Å². The van der Waals surface area contributed by atoms with Crippen molar-refractivity contribution in [1.29, 1.82) is 5.26 Å². The minimum atomic E-state index is 0.587. The highest BCUT2D eigenvalue weighted by Crippen LogP contribution is 2.66. The molecule has 0 aromatic carbocycles. The molecule has 4 unspecified atom stereocenters. The van der Waals surface area contributed by atoms with Crippen LogP contribution >= 0.6 is 0 Å². The molecule has 0 spiro atoms. The van der Waals surface area contributed by atoms with E-state index in [1.54, 1.807) is 6.08 Å². The summed E-state index contributed by atoms with van der Waals surface area (Å²) in [5, 5.41) is 8.53. The van der Waals surface area contributed by atoms with Gasteiger partial charge in [0, 0.05) is 6.08 Å². The van der Waals surface area contributed by atoms with Gasteiger partial charge in [-0.1, -0.05) is 26.8 Å². The number of nitrogens with zero attached hydrogens (tertiary/aromatic N) is 1. The van der Waals surface area contributed by atoms with Crippen LogP contribution in [-0.2, 0) is 0 Å². The Labute approximate surface area is 86.8 Å². The van der Waals surface area contributed by atoms with Crippen molar-refractivity contribution in [3.8, 4) is 6.07 Å². The minimum absolute atomic E-state index is 0.587. The van der Waals surface area contributed by atoms with Crippen LogP contribution in [0.5, 0.6) is 0 Å². The van der Waals surface area contributed by atoms with E-state index in [9.17, 15) is 0 Å². The van der Waals surface area contributed by atoms with E-state index in [-0.39, 0.29) is 0 Å². The number of fused-ring (bicyclic) bond motifs is 1. The normalized spacial score (nSPS) is 44.4. The summed E-state index contributed by atoms with van der Waals surface area (Å²) in [6.45, 7) is 7.12. The largest absolute Gasteiger partial charge is 0.193 e. The predicted molar refractivity (Wildman–Crippen MR) is 57.4 cm³/mol. The molecule has 0 saturated heterocycles. The lowest BCUT2D eigenvalue weighted by Gasteiger charge is -2.25. The molecular formula is C13H19N. The van der Waals surface area contributed by atoms with Crippen molar-refractivity contribution >= 4 is 0 Å². The quantitative estimate of drug-likeness (QED) is 0.580. The van der Waals surface area contributed by atoms with Crippen LogP contribution in [0.4, 0.5) is 0 Å². The Morgan fingerprint density at radius 3 is 2.57 bits per heavy atom. The molecule has 0 aromatic rings. The highest BCUT2D eigenvalue weighted by molar-refractivity contribution is 5.13. The average Bonchev–Trinajstić information content (AvgIpc) is 2.65. The van der Waals surface area contributed by atoms with E-state index < -0.39 is 0 Å². The van der Waals surface area contributed by atoms with Gasteiger partial charge in [-0.05, 0) is 41.9 Å². The summed E-state index contributed by atoms with van der Waals surface area (Å²) in [5.41, 5.74) is 0.587. The Kier molecular flexibility index (Phi) is 2.18. The summed E-state index contributed by atoms with van der Waals surface area (Å²) in [4.78, 5) is 0. The zero-order valence-corrected chi connectivity index (χ0v) is 9.33. The van der Waals surface area contributed by atoms with Crippen LogP contribution in [0, 0.1) is 40.4 Å². The summed E-state index contributed by atoms with van der Waals surface area (Å²) >= 11 is 0. The molecule has 0 bridgehead atoms. The predicted octanol–water partition coefficient (Wildman–Crippen LogP) is 3.38. The van der Waals surface area contributed by atoms with Crippen molar-refractivity contribution in [2.45, 2.75) is 33.6 Å². The molecule has 76 valence electrons. The molecule has 0 aliphatic heterocycles. The molecule has 14 heavy (non-hydrogen) atoms. The van der Waals surface area contributed by atoms with Gasteiger partial charge in [0.05, 0.1) is 6.07 Å². The number of hydrogen-bond acceptors (Lipinski definition) is 1. The van der Waals surface area contributed by atoms with Gasteiger partial charge < -0.3 is 0 Å². The molecule has 0 N–H and O–H groups in total. The van der Waals surface area contributed by atoms with Gasteiger partial charge in [-0.15, -0.1) is 0 Å². The molecule has 0 heterocycles. The topological polar surface area (TPSA) is 23.8 Å². The lowest BCUT2D eigenvalue weighted by atomic mass is 9.80. The first-order valence-corrected chi connectivity index (χ1v) is 5.63. The summed E-state index contributed by atoms with van der Waals surface area (Å²) in [6.07, 6.45) is 6.45. The third kappa shape index (κ3) is 1.38. The van der Waals surface area contributed by atoms with Crippen LogP contribution in [0.25, 0.3) is 0 Å². The van der Waals surface area contributed by atoms with Crippen LogP contribution in [0.2, 0.25) is 0 Å². The Morgan fingerprint density at radius 1 is 1.29 bits per heavy atom. The van der Waals surface area contributed by atoms with Crippen molar-refractivity contribution in [3.05, 3.63) is 12.2 Å². The van der Waals surface area contributed by atoms with Crippen molar-refractivity contribution in [2.75, 3.05) is 0 Å². The van der Waals surface area contributed by atoms with Crippen LogP contribution < -0.4 is 0 Å². The van der Waals surface area contributed by atoms with Gasteiger partial charge in [0.1, 0.15) is 0 Å². The third-order valence-electron chi connectivity index (χ3n) is 4.59. The second kappa shape index (κ2) is 3.12. The maximum Gasteiger partial charge on any atom is 0.0908 e. The Balaban J connectivity index is 2.03. The molecule has 1 heteroatoms. The number of nitriles is 1. The van der Waals surface area contributed by atoms with Crippen LogP contribution in [0.3, 0.4) is 0 Å². The van der Waals surface area contributed by atoms with E-state index in [0.29, 0.717) is 11.3 Å². The maximum absolute atomic E-state index is 8.53. The molecule has 0 radical (unpaired) electrons. The first-order chi connectivity index (χ1) is 6.57. The van der Waals surface area contributed by atoms with Crippen molar-refractivity contribution in [3.63, 3.8) is 0 Å². The summed E-state index contributed by atoms with van der Waals surface area (Å²) in [7, 11) is 0. The molecular weight excluding hydrogens is 170 g/mol. The molecule has 2 fully saturated rings. The molecule has 2 aliphatic rings. The second-order valence-corrected chi connectivity index (χ2v) is 5.64. The lowest BCUT2D eigenvalue weighted by Crippen LogP contribution is -2.16. The third-order valence-corrected chi connectivity index (χ3v) is 4.59. The average molecular weight is 189 g/mol. The number of rotatable bonds is 1. The van der Waals surface area contributed by atoms with Crippen molar-refractivity contribution in [2.24, 2.45) is 29.1 Å². The van der Waals surface area contributed by atoms with Gasteiger partial charge in [-0.3, -0.25) is 0 Å². The Morgan fingerprint density at radius 2 is 1.93 bits per heavy atom. The molecule has 2 aliphatic carbocycles. The van der Waals surface area contributed by atoms with E-state index in [1.165, 1.54) is 12.8 Å². The Bertz CT molecular complexity index is 295. The Hall–Kier alpha value is -0.770. The first-order valence-electron chi connectivity index (χ1n) is 5.63. The van der Waals surface area contributed by atoms with Crippen LogP contribution in [-0.4, -0.2) is 0 Å². The molecule has 2 saturated carbocycles. The monoisotopic (exact) mass is 189 g/mol. The van der Waals surface area contributed by atoms with Crippen molar-refractivity contribution < 1.29 is 0 Å². The molecule has 2 rings (SSSR count). The number of hydrogen-bond donors (Lipinski definition) is 0. The van der Waals surface area contributed by atoms with E-state index >= 15 is 0 Å². The van der Waals surface area contributed by atoms with Gasteiger partial charge in [-0.2, -0.15) is 5.26 Å². The van der Waals surface area contributed by atoms with E-state index in [4.69, 9.17) is 5.26 Å². The maximum atomic E-state index is 8.53. The fraction of sp³-hybridized carbons (Fsp3) is 0.769. The van der Waals surface area contributed by atoms with Crippen LogP contribution in [0.1, 0.15) is 33.6 Å². The molecule has 1 nitrogen and oxygen atoms in total. The van der Waals surface area contributed by atoms with Gasteiger partial charge >= 0.3 is 0 Å². The van der Waals surface area contributed by atoms with Gasteiger partial charge in [0.2, 0.25) is 0 Å².